The van der Waals surface area contributed by atoms with Gasteiger partial charge in [0.05, 0.1) is 5.92 Å². The van der Waals surface area contributed by atoms with E-state index in [1.165, 1.54) is 5.56 Å². The minimum Gasteiger partial charge on any atom is -0.341 e. The minimum atomic E-state index is -0.184. The standard InChI is InChI=1S/C22H31N3O2.ClH/c1-15-13-16-7-3-6-10-20(16)25(15)22(27)19-9-5-4-8-18(19)21(26)24(2)17-11-12-23-14-17;/h3,6-7,10,15,17-19,23H,4-5,8-9,11-14H2,1-2H3;1H. The van der Waals surface area contributed by atoms with Crippen LogP contribution >= 0.6 is 12.4 Å². The maximum Gasteiger partial charge on any atom is 0.231 e. The molecule has 1 saturated heterocycles. The van der Waals surface area contributed by atoms with E-state index in [0.717, 1.165) is 57.3 Å². The third-order valence-corrected chi connectivity index (χ3v) is 6.77. The van der Waals surface area contributed by atoms with Gasteiger partial charge in [0.1, 0.15) is 0 Å². The Morgan fingerprint density at radius 2 is 1.82 bits per heavy atom. The molecule has 0 aromatic heterocycles. The van der Waals surface area contributed by atoms with Crippen LogP contribution in [0.5, 0.6) is 0 Å². The van der Waals surface area contributed by atoms with Crippen molar-refractivity contribution in [3.05, 3.63) is 29.8 Å². The van der Waals surface area contributed by atoms with Crippen LogP contribution in [0.15, 0.2) is 24.3 Å². The lowest BCUT2D eigenvalue weighted by molar-refractivity contribution is -0.143. The maximum absolute atomic E-state index is 13.6. The molecule has 0 radical (unpaired) electrons. The van der Waals surface area contributed by atoms with E-state index < -0.39 is 0 Å². The molecule has 1 N–H and O–H groups in total. The average Bonchev–Trinajstić information content (AvgIpc) is 3.33. The van der Waals surface area contributed by atoms with E-state index in [0.29, 0.717) is 0 Å². The van der Waals surface area contributed by atoms with Crippen LogP contribution < -0.4 is 10.2 Å². The molecule has 0 spiro atoms. The molecule has 28 heavy (non-hydrogen) atoms. The minimum absolute atomic E-state index is 0. The van der Waals surface area contributed by atoms with Gasteiger partial charge in [-0.3, -0.25) is 9.59 Å². The van der Waals surface area contributed by atoms with Gasteiger partial charge < -0.3 is 15.1 Å². The highest BCUT2D eigenvalue weighted by Crippen LogP contribution is 2.38. The number of nitrogens with one attached hydrogen (secondary N) is 1. The van der Waals surface area contributed by atoms with Crippen molar-refractivity contribution in [1.82, 2.24) is 10.2 Å². The molecule has 2 aliphatic heterocycles. The van der Waals surface area contributed by atoms with Gasteiger partial charge in [0.15, 0.2) is 0 Å². The summed E-state index contributed by atoms with van der Waals surface area (Å²) >= 11 is 0. The Labute approximate surface area is 174 Å². The van der Waals surface area contributed by atoms with E-state index in [1.54, 1.807) is 0 Å². The van der Waals surface area contributed by atoms with Crippen molar-refractivity contribution < 1.29 is 9.59 Å². The largest absolute Gasteiger partial charge is 0.341 e. The average molecular weight is 406 g/mol. The Morgan fingerprint density at radius 3 is 2.54 bits per heavy atom. The predicted molar refractivity (Wildman–Crippen MR) is 114 cm³/mol. The maximum atomic E-state index is 13.6. The number of halogens is 1. The van der Waals surface area contributed by atoms with Crippen LogP contribution in [0.25, 0.3) is 0 Å². The lowest BCUT2D eigenvalue weighted by Gasteiger charge is -2.37. The fourth-order valence-electron chi connectivity index (χ4n) is 5.21. The SMILES string of the molecule is CC1Cc2ccccc2N1C(=O)C1CCCCC1C(=O)N(C)C1CCNC1.Cl. The summed E-state index contributed by atoms with van der Waals surface area (Å²) in [7, 11) is 1.92. The molecule has 1 aromatic rings. The van der Waals surface area contributed by atoms with Crippen LogP contribution in [-0.2, 0) is 16.0 Å². The normalized spacial score (nSPS) is 29.1. The van der Waals surface area contributed by atoms with Crippen molar-refractivity contribution in [2.75, 3.05) is 25.0 Å². The zero-order valence-corrected chi connectivity index (χ0v) is 17.7. The summed E-state index contributed by atoms with van der Waals surface area (Å²) in [5.74, 6) is -0.0289. The Hall–Kier alpha value is -1.59. The third-order valence-electron chi connectivity index (χ3n) is 6.77. The van der Waals surface area contributed by atoms with Crippen molar-refractivity contribution in [3.63, 3.8) is 0 Å². The molecule has 2 amide bonds. The summed E-state index contributed by atoms with van der Waals surface area (Å²) in [6.45, 7) is 3.95. The number of fused-ring (bicyclic) bond motifs is 1. The monoisotopic (exact) mass is 405 g/mol. The van der Waals surface area contributed by atoms with E-state index in [4.69, 9.17) is 0 Å². The summed E-state index contributed by atoms with van der Waals surface area (Å²) in [6, 6.07) is 8.64. The number of carbonyl (C=O) groups excluding carboxylic acids is 2. The van der Waals surface area contributed by atoms with Crippen LogP contribution in [0, 0.1) is 11.8 Å². The highest BCUT2D eigenvalue weighted by atomic mass is 35.5. The number of para-hydroxylation sites is 1. The summed E-state index contributed by atoms with van der Waals surface area (Å²) < 4.78 is 0. The number of amides is 2. The lowest BCUT2D eigenvalue weighted by Crippen LogP contribution is -2.49. The van der Waals surface area contributed by atoms with Crippen LogP contribution in [0.3, 0.4) is 0 Å². The van der Waals surface area contributed by atoms with Crippen LogP contribution in [0.4, 0.5) is 5.69 Å². The summed E-state index contributed by atoms with van der Waals surface area (Å²) in [5.41, 5.74) is 2.28. The number of hydrogen-bond acceptors (Lipinski definition) is 3. The zero-order chi connectivity index (χ0) is 19.0. The van der Waals surface area contributed by atoms with Crippen molar-refractivity contribution in [2.45, 2.75) is 57.5 Å². The number of rotatable bonds is 3. The van der Waals surface area contributed by atoms with E-state index in [1.807, 2.05) is 35.0 Å². The fraction of sp³-hybridized carbons (Fsp3) is 0.636. The first-order chi connectivity index (χ1) is 13.1. The molecule has 4 rings (SSSR count). The summed E-state index contributed by atoms with van der Waals surface area (Å²) in [5, 5.41) is 3.34. The molecule has 4 unspecified atom stereocenters. The second-order valence-electron chi connectivity index (χ2n) is 8.48. The first kappa shape index (κ1) is 21.1. The number of benzene rings is 1. The van der Waals surface area contributed by atoms with E-state index >= 15 is 0 Å². The number of anilines is 1. The molecular formula is C22H32ClN3O2. The molecule has 4 atom stereocenters. The van der Waals surface area contributed by atoms with E-state index in [-0.39, 0.29) is 48.1 Å². The topological polar surface area (TPSA) is 52.7 Å². The van der Waals surface area contributed by atoms with Gasteiger partial charge in [-0.15, -0.1) is 12.4 Å². The molecule has 154 valence electrons. The first-order valence-electron chi connectivity index (χ1n) is 10.5. The molecule has 2 fully saturated rings. The molecule has 1 aromatic carbocycles. The second-order valence-corrected chi connectivity index (χ2v) is 8.48. The Kier molecular flexibility index (Phi) is 6.66. The molecule has 5 nitrogen and oxygen atoms in total. The highest BCUT2D eigenvalue weighted by molar-refractivity contribution is 6.00. The fourth-order valence-corrected chi connectivity index (χ4v) is 5.21. The van der Waals surface area contributed by atoms with Gasteiger partial charge in [0.2, 0.25) is 11.8 Å². The van der Waals surface area contributed by atoms with Gasteiger partial charge in [-0.1, -0.05) is 31.0 Å². The van der Waals surface area contributed by atoms with Crippen molar-refractivity contribution in [1.29, 1.82) is 0 Å². The summed E-state index contributed by atoms with van der Waals surface area (Å²) in [4.78, 5) is 30.7. The molecule has 1 saturated carbocycles. The van der Waals surface area contributed by atoms with Crippen molar-refractivity contribution in [2.24, 2.45) is 11.8 Å². The second kappa shape index (κ2) is 8.83. The Bertz CT molecular complexity index is 719. The number of hydrogen-bond donors (Lipinski definition) is 1. The molecule has 3 aliphatic rings. The highest BCUT2D eigenvalue weighted by Gasteiger charge is 2.43. The Morgan fingerprint density at radius 1 is 1.11 bits per heavy atom. The smallest absolute Gasteiger partial charge is 0.231 e. The first-order valence-corrected chi connectivity index (χ1v) is 10.5. The Balaban J connectivity index is 0.00000225. The number of likely N-dealkylation sites (N-methyl/N-ethyl adjacent to an activating group) is 1. The van der Waals surface area contributed by atoms with E-state index in [2.05, 4.69) is 18.3 Å². The van der Waals surface area contributed by atoms with Crippen molar-refractivity contribution in [3.8, 4) is 0 Å². The number of carbonyl (C=O) groups is 2. The molecule has 2 heterocycles. The number of nitrogens with zero attached hydrogens (tertiary/aromatic N) is 2. The van der Waals surface area contributed by atoms with Gasteiger partial charge in [-0.25, -0.2) is 0 Å². The third kappa shape index (κ3) is 3.79. The lowest BCUT2D eigenvalue weighted by atomic mass is 9.77. The zero-order valence-electron chi connectivity index (χ0n) is 16.9. The van der Waals surface area contributed by atoms with Crippen molar-refractivity contribution >= 4 is 29.9 Å². The molecule has 0 bridgehead atoms. The molecule has 1 aliphatic carbocycles. The van der Waals surface area contributed by atoms with Gasteiger partial charge in [0, 0.05) is 37.3 Å². The summed E-state index contributed by atoms with van der Waals surface area (Å²) in [6.07, 6.45) is 5.66. The predicted octanol–water partition coefficient (Wildman–Crippen LogP) is 3.01. The van der Waals surface area contributed by atoms with Crippen LogP contribution in [-0.4, -0.2) is 48.9 Å². The quantitative estimate of drug-likeness (QED) is 0.840. The van der Waals surface area contributed by atoms with E-state index in [9.17, 15) is 9.59 Å². The van der Waals surface area contributed by atoms with Gasteiger partial charge in [-0.05, 0) is 50.8 Å². The van der Waals surface area contributed by atoms with Gasteiger partial charge in [0.25, 0.3) is 0 Å². The van der Waals surface area contributed by atoms with Crippen LogP contribution in [0.1, 0.15) is 44.6 Å². The molecule has 6 heteroatoms. The molecular weight excluding hydrogens is 374 g/mol. The van der Waals surface area contributed by atoms with Gasteiger partial charge >= 0.3 is 0 Å². The van der Waals surface area contributed by atoms with Crippen LogP contribution in [0.2, 0.25) is 0 Å². The van der Waals surface area contributed by atoms with Gasteiger partial charge in [-0.2, -0.15) is 0 Å².